The molecule has 0 spiro atoms. The molecule has 1 saturated carbocycles. The summed E-state index contributed by atoms with van der Waals surface area (Å²) in [6.07, 6.45) is 5.24. The molecule has 150 valence electrons. The summed E-state index contributed by atoms with van der Waals surface area (Å²) in [6.45, 7) is 9.10. The lowest BCUT2D eigenvalue weighted by atomic mass is 9.68. The second-order valence-electron chi connectivity index (χ2n) is 8.65. The van der Waals surface area contributed by atoms with Crippen LogP contribution in [0.15, 0.2) is 42.5 Å². The summed E-state index contributed by atoms with van der Waals surface area (Å²) in [5.41, 5.74) is 3.82. The normalized spacial score (nSPS) is 16.0. The maximum atomic E-state index is 13.5. The Hall–Kier alpha value is -2.29. The van der Waals surface area contributed by atoms with E-state index in [1.165, 1.54) is 12.0 Å². The maximum Gasteiger partial charge on any atom is 0.235 e. The molecule has 0 unspecified atom stereocenters. The van der Waals surface area contributed by atoms with E-state index in [-0.39, 0.29) is 5.91 Å². The number of ether oxygens (including phenoxy) is 1. The van der Waals surface area contributed by atoms with Crippen molar-refractivity contribution in [2.24, 2.45) is 5.92 Å². The minimum Gasteiger partial charge on any atom is -0.493 e. The number of aryl methyl sites for hydroxylation is 2. The van der Waals surface area contributed by atoms with Gasteiger partial charge in [0.25, 0.3) is 0 Å². The van der Waals surface area contributed by atoms with Crippen LogP contribution in [-0.2, 0) is 10.2 Å². The highest BCUT2D eigenvalue weighted by Crippen LogP contribution is 2.41. The lowest BCUT2D eigenvalue weighted by Crippen LogP contribution is -2.42. The molecule has 3 nitrogen and oxygen atoms in total. The van der Waals surface area contributed by atoms with Crippen molar-refractivity contribution in [3.63, 3.8) is 0 Å². The van der Waals surface area contributed by atoms with Crippen molar-refractivity contribution in [3.05, 3.63) is 59.2 Å². The Bertz CT molecular complexity index is 819. The smallest absolute Gasteiger partial charge is 0.235 e. The Morgan fingerprint density at radius 1 is 1.07 bits per heavy atom. The summed E-state index contributed by atoms with van der Waals surface area (Å²) in [4.78, 5) is 13.5. The molecule has 0 atom stereocenters. The van der Waals surface area contributed by atoms with Gasteiger partial charge in [-0.05, 0) is 61.9 Å². The Morgan fingerprint density at radius 2 is 1.82 bits per heavy atom. The van der Waals surface area contributed by atoms with E-state index in [4.69, 9.17) is 4.74 Å². The topological polar surface area (TPSA) is 38.3 Å². The van der Waals surface area contributed by atoms with Crippen LogP contribution in [0.1, 0.15) is 62.6 Å². The predicted octanol–water partition coefficient (Wildman–Crippen LogP) is 6.18. The van der Waals surface area contributed by atoms with Gasteiger partial charge in [-0.2, -0.15) is 0 Å². The molecule has 1 fully saturated rings. The van der Waals surface area contributed by atoms with Crippen LogP contribution >= 0.6 is 0 Å². The molecule has 0 aromatic heterocycles. The lowest BCUT2D eigenvalue weighted by molar-refractivity contribution is -0.122. The molecule has 2 aromatic rings. The highest BCUT2D eigenvalue weighted by Gasteiger charge is 2.41. The van der Waals surface area contributed by atoms with E-state index >= 15 is 0 Å². The van der Waals surface area contributed by atoms with Crippen molar-refractivity contribution in [2.75, 3.05) is 11.9 Å². The Balaban J connectivity index is 1.82. The SMILES string of the molecule is Cc1cccc(C2(C(=O)Nc3ccc(OCC(C)C)c(C)c3)CCCCC2)c1. The molecule has 2 aromatic carbocycles. The largest absolute Gasteiger partial charge is 0.493 e. The summed E-state index contributed by atoms with van der Waals surface area (Å²) in [5, 5.41) is 3.21. The monoisotopic (exact) mass is 379 g/mol. The van der Waals surface area contributed by atoms with Crippen LogP contribution in [0.25, 0.3) is 0 Å². The number of carbonyl (C=O) groups is 1. The third-order valence-corrected chi connectivity index (χ3v) is 5.72. The van der Waals surface area contributed by atoms with Crippen LogP contribution in [0.4, 0.5) is 5.69 Å². The average Bonchev–Trinajstić information content (AvgIpc) is 2.67. The summed E-state index contributed by atoms with van der Waals surface area (Å²) in [5.74, 6) is 1.49. The molecule has 1 aliphatic rings. The number of carbonyl (C=O) groups excluding carboxylic acids is 1. The third-order valence-electron chi connectivity index (χ3n) is 5.72. The zero-order chi connectivity index (χ0) is 20.1. The van der Waals surface area contributed by atoms with E-state index in [2.05, 4.69) is 50.4 Å². The number of amides is 1. The first-order valence-corrected chi connectivity index (χ1v) is 10.5. The van der Waals surface area contributed by atoms with Gasteiger partial charge in [0.1, 0.15) is 5.75 Å². The standard InChI is InChI=1S/C25H33NO2/c1-18(2)17-28-23-12-11-22(16-20(23)4)26-24(27)25(13-6-5-7-14-25)21-10-8-9-19(3)15-21/h8-12,15-16,18H,5-7,13-14,17H2,1-4H3,(H,26,27). The highest BCUT2D eigenvalue weighted by atomic mass is 16.5. The van der Waals surface area contributed by atoms with E-state index in [1.54, 1.807) is 0 Å². The number of nitrogens with one attached hydrogen (secondary N) is 1. The Morgan fingerprint density at radius 3 is 2.46 bits per heavy atom. The van der Waals surface area contributed by atoms with Crippen LogP contribution in [-0.4, -0.2) is 12.5 Å². The minimum absolute atomic E-state index is 0.119. The fourth-order valence-corrected chi connectivity index (χ4v) is 4.14. The second-order valence-corrected chi connectivity index (χ2v) is 8.65. The first-order valence-electron chi connectivity index (χ1n) is 10.5. The van der Waals surface area contributed by atoms with Crippen molar-refractivity contribution in [1.29, 1.82) is 0 Å². The van der Waals surface area contributed by atoms with E-state index in [0.29, 0.717) is 12.5 Å². The highest BCUT2D eigenvalue weighted by molar-refractivity contribution is 5.99. The van der Waals surface area contributed by atoms with Gasteiger partial charge >= 0.3 is 0 Å². The van der Waals surface area contributed by atoms with Gasteiger partial charge in [-0.15, -0.1) is 0 Å². The molecule has 3 rings (SSSR count). The zero-order valence-electron chi connectivity index (χ0n) is 17.7. The van der Waals surface area contributed by atoms with Gasteiger partial charge in [-0.25, -0.2) is 0 Å². The zero-order valence-corrected chi connectivity index (χ0v) is 17.7. The van der Waals surface area contributed by atoms with Crippen molar-refractivity contribution in [1.82, 2.24) is 0 Å². The maximum absolute atomic E-state index is 13.5. The minimum atomic E-state index is -0.426. The van der Waals surface area contributed by atoms with Crippen LogP contribution in [0.3, 0.4) is 0 Å². The molecule has 1 N–H and O–H groups in total. The molecule has 1 amide bonds. The first kappa shape index (κ1) is 20.4. The van der Waals surface area contributed by atoms with Crippen LogP contribution in [0.2, 0.25) is 0 Å². The van der Waals surface area contributed by atoms with Crippen molar-refractivity contribution in [3.8, 4) is 5.75 Å². The Kier molecular flexibility index (Phi) is 6.43. The number of rotatable bonds is 6. The van der Waals surface area contributed by atoms with Gasteiger partial charge in [0.2, 0.25) is 5.91 Å². The van der Waals surface area contributed by atoms with E-state index in [0.717, 1.165) is 48.2 Å². The second kappa shape index (κ2) is 8.81. The van der Waals surface area contributed by atoms with Gasteiger partial charge in [0.05, 0.1) is 12.0 Å². The first-order chi connectivity index (χ1) is 13.4. The van der Waals surface area contributed by atoms with Crippen molar-refractivity contribution >= 4 is 11.6 Å². The molecule has 28 heavy (non-hydrogen) atoms. The molecule has 1 aliphatic carbocycles. The lowest BCUT2D eigenvalue weighted by Gasteiger charge is -2.36. The van der Waals surface area contributed by atoms with Gasteiger partial charge in [-0.3, -0.25) is 4.79 Å². The van der Waals surface area contributed by atoms with Crippen molar-refractivity contribution < 1.29 is 9.53 Å². The van der Waals surface area contributed by atoms with Gasteiger partial charge in [0, 0.05) is 5.69 Å². The van der Waals surface area contributed by atoms with Crippen LogP contribution < -0.4 is 10.1 Å². The fraction of sp³-hybridized carbons (Fsp3) is 0.480. The summed E-state index contributed by atoms with van der Waals surface area (Å²) in [6, 6.07) is 14.4. The predicted molar refractivity (Wildman–Crippen MR) is 116 cm³/mol. The van der Waals surface area contributed by atoms with E-state index in [9.17, 15) is 4.79 Å². The summed E-state index contributed by atoms with van der Waals surface area (Å²) >= 11 is 0. The third kappa shape index (κ3) is 4.57. The summed E-state index contributed by atoms with van der Waals surface area (Å²) in [7, 11) is 0. The molecule has 3 heteroatoms. The van der Waals surface area contributed by atoms with Gasteiger partial charge in [0.15, 0.2) is 0 Å². The van der Waals surface area contributed by atoms with Gasteiger partial charge < -0.3 is 10.1 Å². The Labute approximate surface area is 169 Å². The number of hydrogen-bond acceptors (Lipinski definition) is 2. The molecule has 0 aliphatic heterocycles. The molecular formula is C25H33NO2. The molecule has 0 saturated heterocycles. The van der Waals surface area contributed by atoms with E-state index in [1.807, 2.05) is 25.1 Å². The van der Waals surface area contributed by atoms with Crippen LogP contribution in [0.5, 0.6) is 5.75 Å². The van der Waals surface area contributed by atoms with Gasteiger partial charge in [-0.1, -0.05) is 62.9 Å². The number of anilines is 1. The molecular weight excluding hydrogens is 346 g/mol. The number of benzene rings is 2. The van der Waals surface area contributed by atoms with Crippen LogP contribution in [0, 0.1) is 19.8 Å². The fourth-order valence-electron chi connectivity index (χ4n) is 4.14. The van der Waals surface area contributed by atoms with Crippen molar-refractivity contribution in [2.45, 2.75) is 65.2 Å². The molecule has 0 radical (unpaired) electrons. The average molecular weight is 380 g/mol. The quantitative estimate of drug-likeness (QED) is 0.651. The molecule has 0 bridgehead atoms. The van der Waals surface area contributed by atoms with E-state index < -0.39 is 5.41 Å². The molecule has 0 heterocycles. The summed E-state index contributed by atoms with van der Waals surface area (Å²) < 4.78 is 5.86. The number of hydrogen-bond donors (Lipinski definition) is 1.